The summed E-state index contributed by atoms with van der Waals surface area (Å²) in [6.07, 6.45) is -2.42. The normalized spacial score (nSPS) is 11.5. The Morgan fingerprint density at radius 1 is 0.800 bits per heavy atom. The summed E-state index contributed by atoms with van der Waals surface area (Å²) in [5.41, 5.74) is -1.49. The molecule has 0 aliphatic heterocycles. The third kappa shape index (κ3) is 5.73. The van der Waals surface area contributed by atoms with Crippen LogP contribution in [0.25, 0.3) is 28.2 Å². The minimum absolute atomic E-state index is 0.0728. The number of esters is 1. The smallest absolute Gasteiger partial charge is 0.450 e. The Balaban J connectivity index is 1.69. The fraction of sp³-hybridized carbons (Fsp3) is 0.172. The molecule has 4 aromatic rings. The van der Waals surface area contributed by atoms with Crippen molar-refractivity contribution < 1.29 is 46.1 Å². The zero-order valence-corrected chi connectivity index (χ0v) is 21.8. The van der Waals surface area contributed by atoms with Crippen LogP contribution >= 0.6 is 0 Å². The first kappa shape index (κ1) is 28.1. The molecule has 0 N–H and O–H groups in total. The van der Waals surface area contributed by atoms with Gasteiger partial charge in [-0.25, -0.2) is 4.79 Å². The SMILES string of the molecule is COc1ccc(C=CC(=O)Oc2ccc3c(=O)c(-c4ccc(OC)c(OC)c4)c(C(F)(F)F)oc3c2)cc1OC. The Morgan fingerprint density at radius 3 is 2.05 bits per heavy atom. The van der Waals surface area contributed by atoms with Crippen molar-refractivity contribution in [3.63, 3.8) is 0 Å². The number of alkyl halides is 3. The summed E-state index contributed by atoms with van der Waals surface area (Å²) in [7, 11) is 5.66. The van der Waals surface area contributed by atoms with E-state index in [-0.39, 0.29) is 28.2 Å². The monoisotopic (exact) mass is 556 g/mol. The third-order valence-electron chi connectivity index (χ3n) is 5.83. The zero-order valence-electron chi connectivity index (χ0n) is 21.8. The molecular weight excluding hydrogens is 533 g/mol. The summed E-state index contributed by atoms with van der Waals surface area (Å²) < 4.78 is 73.2. The number of halogens is 3. The van der Waals surface area contributed by atoms with E-state index in [1.54, 1.807) is 18.2 Å². The lowest BCUT2D eigenvalue weighted by Crippen LogP contribution is -2.16. The van der Waals surface area contributed by atoms with Crippen LogP contribution in [0, 0.1) is 0 Å². The molecule has 208 valence electrons. The molecule has 0 unspecified atom stereocenters. The van der Waals surface area contributed by atoms with Crippen LogP contribution in [-0.4, -0.2) is 34.4 Å². The van der Waals surface area contributed by atoms with Crippen molar-refractivity contribution in [2.45, 2.75) is 6.18 Å². The van der Waals surface area contributed by atoms with Gasteiger partial charge < -0.3 is 28.1 Å². The van der Waals surface area contributed by atoms with Crippen LogP contribution in [0.4, 0.5) is 13.2 Å². The second kappa shape index (κ2) is 11.4. The summed E-state index contributed by atoms with van der Waals surface area (Å²) in [6.45, 7) is 0. The van der Waals surface area contributed by atoms with Crippen LogP contribution in [0.2, 0.25) is 0 Å². The van der Waals surface area contributed by atoms with Crippen molar-refractivity contribution >= 4 is 23.0 Å². The van der Waals surface area contributed by atoms with Crippen LogP contribution < -0.4 is 29.1 Å². The maximum atomic E-state index is 14.0. The predicted octanol–water partition coefficient (Wildman–Crippen LogP) is 6.13. The highest BCUT2D eigenvalue weighted by molar-refractivity contribution is 5.90. The predicted molar refractivity (Wildman–Crippen MR) is 140 cm³/mol. The average molecular weight is 556 g/mol. The van der Waals surface area contributed by atoms with Crippen LogP contribution in [0.5, 0.6) is 28.7 Å². The molecule has 11 heteroatoms. The van der Waals surface area contributed by atoms with E-state index in [0.717, 1.165) is 12.1 Å². The Hall–Kier alpha value is -4.93. The summed E-state index contributed by atoms with van der Waals surface area (Å²) >= 11 is 0. The van der Waals surface area contributed by atoms with Crippen LogP contribution in [0.1, 0.15) is 11.3 Å². The number of hydrogen-bond donors (Lipinski definition) is 0. The van der Waals surface area contributed by atoms with E-state index in [9.17, 15) is 22.8 Å². The highest BCUT2D eigenvalue weighted by Gasteiger charge is 2.39. The van der Waals surface area contributed by atoms with E-state index in [1.807, 2.05) is 0 Å². The standard InChI is InChI=1S/C29H23F3O8/c1-35-20-10-5-16(13-23(20)37-3)6-12-25(33)39-18-8-9-19-22(15-18)40-28(29(30,31)32)26(27(19)34)17-7-11-21(36-2)24(14-17)38-4/h5-15H,1-4H3. The lowest BCUT2D eigenvalue weighted by molar-refractivity contribution is -0.152. The van der Waals surface area contributed by atoms with Gasteiger partial charge >= 0.3 is 12.1 Å². The van der Waals surface area contributed by atoms with Gasteiger partial charge in [-0.3, -0.25) is 4.79 Å². The van der Waals surface area contributed by atoms with Gasteiger partial charge in [-0.2, -0.15) is 13.2 Å². The second-order valence-electron chi connectivity index (χ2n) is 8.23. The van der Waals surface area contributed by atoms with E-state index in [4.69, 9.17) is 28.1 Å². The summed E-state index contributed by atoms with van der Waals surface area (Å²) in [4.78, 5) is 25.7. The first-order valence-corrected chi connectivity index (χ1v) is 11.6. The number of rotatable bonds is 8. The molecule has 0 radical (unpaired) electrons. The number of hydrogen-bond acceptors (Lipinski definition) is 8. The maximum absolute atomic E-state index is 14.0. The first-order valence-electron chi connectivity index (χ1n) is 11.6. The van der Waals surface area contributed by atoms with E-state index in [2.05, 4.69) is 0 Å². The molecule has 0 spiro atoms. The number of benzene rings is 3. The van der Waals surface area contributed by atoms with E-state index < -0.39 is 34.5 Å². The molecule has 1 heterocycles. The van der Waals surface area contributed by atoms with Crippen molar-refractivity contribution in [1.82, 2.24) is 0 Å². The van der Waals surface area contributed by atoms with Crippen molar-refractivity contribution in [3.8, 4) is 39.9 Å². The van der Waals surface area contributed by atoms with Crippen LogP contribution in [0.3, 0.4) is 0 Å². The van der Waals surface area contributed by atoms with Gasteiger partial charge in [0, 0.05) is 12.1 Å². The Kier molecular flexibility index (Phi) is 8.03. The molecule has 4 rings (SSSR count). The first-order chi connectivity index (χ1) is 19.1. The lowest BCUT2D eigenvalue weighted by atomic mass is 10.0. The lowest BCUT2D eigenvalue weighted by Gasteiger charge is -2.14. The largest absolute Gasteiger partial charge is 0.493 e. The highest BCUT2D eigenvalue weighted by Crippen LogP contribution is 2.40. The molecule has 1 aromatic heterocycles. The van der Waals surface area contributed by atoms with Gasteiger partial charge in [-0.15, -0.1) is 0 Å². The topological polar surface area (TPSA) is 93.4 Å². The molecule has 3 aromatic carbocycles. The highest BCUT2D eigenvalue weighted by atomic mass is 19.4. The van der Waals surface area contributed by atoms with Crippen molar-refractivity contribution in [2.24, 2.45) is 0 Å². The van der Waals surface area contributed by atoms with Crippen LogP contribution in [-0.2, 0) is 11.0 Å². The minimum atomic E-state index is -5.01. The minimum Gasteiger partial charge on any atom is -0.493 e. The van der Waals surface area contributed by atoms with Crippen LogP contribution in [0.15, 0.2) is 69.9 Å². The molecule has 0 saturated heterocycles. The van der Waals surface area contributed by atoms with Gasteiger partial charge in [0.15, 0.2) is 23.0 Å². The molecule has 8 nitrogen and oxygen atoms in total. The number of carbonyl (C=O) groups is 1. The van der Waals surface area contributed by atoms with E-state index in [1.165, 1.54) is 64.8 Å². The molecule has 0 aliphatic carbocycles. The van der Waals surface area contributed by atoms with Gasteiger partial charge in [-0.1, -0.05) is 12.1 Å². The second-order valence-corrected chi connectivity index (χ2v) is 8.23. The average Bonchev–Trinajstić information content (AvgIpc) is 2.94. The van der Waals surface area contributed by atoms with Crippen molar-refractivity contribution in [2.75, 3.05) is 28.4 Å². The van der Waals surface area contributed by atoms with Crippen molar-refractivity contribution in [1.29, 1.82) is 0 Å². The number of methoxy groups -OCH3 is 4. The van der Waals surface area contributed by atoms with Gasteiger partial charge in [0.25, 0.3) is 0 Å². The molecule has 0 aliphatic rings. The van der Waals surface area contributed by atoms with Gasteiger partial charge in [0.05, 0.1) is 39.4 Å². The number of fused-ring (bicyclic) bond motifs is 1. The van der Waals surface area contributed by atoms with E-state index in [0.29, 0.717) is 17.1 Å². The summed E-state index contributed by atoms with van der Waals surface area (Å²) in [6, 6.07) is 12.5. The van der Waals surface area contributed by atoms with E-state index >= 15 is 0 Å². The summed E-state index contributed by atoms with van der Waals surface area (Å²) in [5.74, 6) is -1.07. The molecule has 0 saturated carbocycles. The van der Waals surface area contributed by atoms with Gasteiger partial charge in [-0.05, 0) is 53.6 Å². The molecule has 0 bridgehead atoms. The third-order valence-corrected chi connectivity index (χ3v) is 5.83. The van der Waals surface area contributed by atoms with Gasteiger partial charge in [0.1, 0.15) is 11.3 Å². The fourth-order valence-corrected chi connectivity index (χ4v) is 3.96. The molecule has 40 heavy (non-hydrogen) atoms. The quantitative estimate of drug-likeness (QED) is 0.145. The Bertz CT molecular complexity index is 1650. The number of carbonyl (C=O) groups excluding carboxylic acids is 1. The summed E-state index contributed by atoms with van der Waals surface area (Å²) in [5, 5.41) is -0.140. The molecule has 0 atom stereocenters. The molecule has 0 amide bonds. The fourth-order valence-electron chi connectivity index (χ4n) is 3.96. The Labute approximate surface area is 226 Å². The van der Waals surface area contributed by atoms with Crippen molar-refractivity contribution in [3.05, 3.63) is 82.2 Å². The maximum Gasteiger partial charge on any atom is 0.450 e. The Morgan fingerprint density at radius 2 is 1.43 bits per heavy atom. The zero-order chi connectivity index (χ0) is 29.0. The molecular formula is C29H23F3O8. The number of ether oxygens (including phenoxy) is 5. The van der Waals surface area contributed by atoms with Gasteiger partial charge in [0.2, 0.25) is 11.2 Å². The molecule has 0 fully saturated rings.